The second-order valence-corrected chi connectivity index (χ2v) is 9.24. The molecule has 0 saturated heterocycles. The number of thioether (sulfide) groups is 1. The van der Waals surface area contributed by atoms with Gasteiger partial charge in [0, 0.05) is 24.1 Å². The third kappa shape index (κ3) is 3.73. The fraction of sp³-hybridized carbons (Fsp3) is 0.381. The Morgan fingerprint density at radius 1 is 1.25 bits per heavy atom. The highest BCUT2D eigenvalue weighted by atomic mass is 32.2. The molecule has 146 valence electrons. The van der Waals surface area contributed by atoms with Gasteiger partial charge in [0.25, 0.3) is 5.56 Å². The second-order valence-electron chi connectivity index (χ2n) is 7.09. The molecule has 0 aliphatic heterocycles. The van der Waals surface area contributed by atoms with Crippen LogP contribution in [0.2, 0.25) is 0 Å². The van der Waals surface area contributed by atoms with Gasteiger partial charge in [-0.2, -0.15) is 0 Å². The molecule has 0 spiro atoms. The molecule has 5 nitrogen and oxygen atoms in total. The molecule has 0 unspecified atom stereocenters. The number of aryl methyl sites for hydroxylation is 3. The van der Waals surface area contributed by atoms with Crippen molar-refractivity contribution >= 4 is 39.2 Å². The predicted octanol–water partition coefficient (Wildman–Crippen LogP) is 3.86. The molecule has 0 fully saturated rings. The first-order valence-corrected chi connectivity index (χ1v) is 11.4. The molecule has 3 aromatic rings. The van der Waals surface area contributed by atoms with E-state index in [4.69, 9.17) is 4.98 Å². The van der Waals surface area contributed by atoms with Gasteiger partial charge in [-0.15, -0.1) is 11.3 Å². The third-order valence-electron chi connectivity index (χ3n) is 4.96. The molecule has 2 heterocycles. The van der Waals surface area contributed by atoms with Crippen LogP contribution in [0.3, 0.4) is 0 Å². The van der Waals surface area contributed by atoms with Gasteiger partial charge in [-0.05, 0) is 50.3 Å². The molecule has 0 atom stereocenters. The van der Waals surface area contributed by atoms with E-state index in [1.807, 2.05) is 31.2 Å². The van der Waals surface area contributed by atoms with Gasteiger partial charge in [0.2, 0.25) is 5.91 Å². The number of hydrogen-bond acceptors (Lipinski definition) is 5. The lowest BCUT2D eigenvalue weighted by atomic mass is 9.97. The molecule has 1 aromatic carbocycles. The van der Waals surface area contributed by atoms with Crippen molar-refractivity contribution in [3.63, 3.8) is 0 Å². The third-order valence-corrected chi connectivity index (χ3v) is 7.08. The normalized spacial score (nSPS) is 13.5. The summed E-state index contributed by atoms with van der Waals surface area (Å²) in [7, 11) is 0. The molecule has 1 aliphatic rings. The van der Waals surface area contributed by atoms with Gasteiger partial charge in [-0.3, -0.25) is 14.2 Å². The van der Waals surface area contributed by atoms with Crippen molar-refractivity contribution in [2.45, 2.75) is 44.7 Å². The number of benzene rings is 1. The zero-order valence-corrected chi connectivity index (χ0v) is 17.7. The van der Waals surface area contributed by atoms with Crippen LogP contribution in [0.15, 0.2) is 34.2 Å². The van der Waals surface area contributed by atoms with Crippen LogP contribution in [0.4, 0.5) is 0 Å². The van der Waals surface area contributed by atoms with Gasteiger partial charge in [0.1, 0.15) is 4.83 Å². The highest BCUT2D eigenvalue weighted by Gasteiger charge is 2.22. The largest absolute Gasteiger partial charge is 0.356 e. The van der Waals surface area contributed by atoms with Crippen molar-refractivity contribution < 1.29 is 4.79 Å². The first-order chi connectivity index (χ1) is 13.5. The smallest absolute Gasteiger partial charge is 0.267 e. The maximum atomic E-state index is 13.6. The highest BCUT2D eigenvalue weighted by Crippen LogP contribution is 2.35. The monoisotopic (exact) mass is 413 g/mol. The standard InChI is InChI=1S/C21H23N3O2S2/c1-13-7-9-15(10-8-13)24-20(26)18-16-5-3-4-6-17(16)28-19(18)23-21(24)27-12-11-22-14(2)25/h7-10H,3-6,11-12H2,1-2H3,(H,22,25). The summed E-state index contributed by atoms with van der Waals surface area (Å²) in [5.74, 6) is 0.611. The van der Waals surface area contributed by atoms with Gasteiger partial charge in [0.15, 0.2) is 5.16 Å². The Morgan fingerprint density at radius 2 is 2.00 bits per heavy atom. The van der Waals surface area contributed by atoms with Crippen LogP contribution in [0.5, 0.6) is 0 Å². The summed E-state index contributed by atoms with van der Waals surface area (Å²) in [4.78, 5) is 31.7. The second kappa shape index (κ2) is 8.09. The number of carbonyl (C=O) groups is 1. The van der Waals surface area contributed by atoms with Crippen molar-refractivity contribution in [1.82, 2.24) is 14.9 Å². The Morgan fingerprint density at radius 3 is 2.75 bits per heavy atom. The lowest BCUT2D eigenvalue weighted by Crippen LogP contribution is -2.24. The molecule has 4 rings (SSSR count). The zero-order chi connectivity index (χ0) is 19.7. The Hall–Kier alpha value is -2.12. The molecule has 28 heavy (non-hydrogen) atoms. The summed E-state index contributed by atoms with van der Waals surface area (Å²) in [6, 6.07) is 7.98. The van der Waals surface area contributed by atoms with Gasteiger partial charge < -0.3 is 5.32 Å². The molecule has 0 radical (unpaired) electrons. The maximum absolute atomic E-state index is 13.6. The summed E-state index contributed by atoms with van der Waals surface area (Å²) in [5, 5.41) is 4.28. The average Bonchev–Trinajstić information content (AvgIpc) is 3.05. The van der Waals surface area contributed by atoms with Gasteiger partial charge in [-0.1, -0.05) is 29.5 Å². The van der Waals surface area contributed by atoms with Crippen molar-refractivity contribution in [3.05, 3.63) is 50.6 Å². The Bertz CT molecular complexity index is 1080. The van der Waals surface area contributed by atoms with Crippen LogP contribution >= 0.6 is 23.1 Å². The van der Waals surface area contributed by atoms with E-state index in [1.165, 1.54) is 35.5 Å². The highest BCUT2D eigenvalue weighted by molar-refractivity contribution is 7.99. The predicted molar refractivity (Wildman–Crippen MR) is 116 cm³/mol. The van der Waals surface area contributed by atoms with E-state index in [2.05, 4.69) is 5.32 Å². The number of thiophene rings is 1. The molecule has 1 amide bonds. The van der Waals surface area contributed by atoms with E-state index in [-0.39, 0.29) is 11.5 Å². The Kier molecular flexibility index (Phi) is 5.55. The van der Waals surface area contributed by atoms with Crippen molar-refractivity contribution in [3.8, 4) is 5.69 Å². The summed E-state index contributed by atoms with van der Waals surface area (Å²) in [5.41, 5.74) is 3.22. The summed E-state index contributed by atoms with van der Waals surface area (Å²) in [6.07, 6.45) is 4.33. The number of aromatic nitrogens is 2. The topological polar surface area (TPSA) is 64.0 Å². The molecule has 1 aliphatic carbocycles. The first kappa shape index (κ1) is 19.2. The van der Waals surface area contributed by atoms with Crippen LogP contribution in [-0.2, 0) is 17.6 Å². The molecular formula is C21H23N3O2S2. The zero-order valence-electron chi connectivity index (χ0n) is 16.1. The molecule has 1 N–H and O–H groups in total. The van der Waals surface area contributed by atoms with E-state index in [0.29, 0.717) is 17.5 Å². The lowest BCUT2D eigenvalue weighted by molar-refractivity contribution is -0.118. The number of amides is 1. The van der Waals surface area contributed by atoms with Crippen LogP contribution in [0, 0.1) is 6.92 Å². The van der Waals surface area contributed by atoms with E-state index >= 15 is 0 Å². The minimum atomic E-state index is -0.0501. The van der Waals surface area contributed by atoms with Crippen molar-refractivity contribution in [2.75, 3.05) is 12.3 Å². The molecule has 0 saturated carbocycles. The van der Waals surface area contributed by atoms with E-state index < -0.39 is 0 Å². The van der Waals surface area contributed by atoms with Gasteiger partial charge in [-0.25, -0.2) is 4.98 Å². The van der Waals surface area contributed by atoms with Crippen LogP contribution in [0.1, 0.15) is 35.8 Å². The fourth-order valence-corrected chi connectivity index (χ4v) is 5.74. The first-order valence-electron chi connectivity index (χ1n) is 9.56. The van der Waals surface area contributed by atoms with E-state index in [0.717, 1.165) is 40.7 Å². The van der Waals surface area contributed by atoms with Crippen molar-refractivity contribution in [1.29, 1.82) is 0 Å². The number of nitrogens with zero attached hydrogens (tertiary/aromatic N) is 2. The molecule has 7 heteroatoms. The lowest BCUT2D eigenvalue weighted by Gasteiger charge is -2.14. The number of rotatable bonds is 5. The van der Waals surface area contributed by atoms with Gasteiger partial charge in [0.05, 0.1) is 11.1 Å². The Balaban J connectivity index is 1.83. The number of hydrogen-bond donors (Lipinski definition) is 1. The van der Waals surface area contributed by atoms with Crippen LogP contribution < -0.4 is 10.9 Å². The van der Waals surface area contributed by atoms with Crippen LogP contribution in [0.25, 0.3) is 15.9 Å². The SMILES string of the molecule is CC(=O)NCCSc1nc2sc3c(c2c(=O)n1-c1ccc(C)cc1)CCCC3. The average molecular weight is 414 g/mol. The van der Waals surface area contributed by atoms with Crippen LogP contribution in [-0.4, -0.2) is 27.8 Å². The van der Waals surface area contributed by atoms with Crippen molar-refractivity contribution in [2.24, 2.45) is 0 Å². The summed E-state index contributed by atoms with van der Waals surface area (Å²) in [6.45, 7) is 4.09. The molecular weight excluding hydrogens is 390 g/mol. The Labute approximate surface area is 172 Å². The minimum Gasteiger partial charge on any atom is -0.356 e. The summed E-state index contributed by atoms with van der Waals surface area (Å²) >= 11 is 3.18. The number of nitrogens with one attached hydrogen (secondary N) is 1. The van der Waals surface area contributed by atoms with E-state index in [9.17, 15) is 9.59 Å². The maximum Gasteiger partial charge on any atom is 0.267 e. The quantitative estimate of drug-likeness (QED) is 0.392. The molecule has 2 aromatic heterocycles. The fourth-order valence-electron chi connectivity index (χ4n) is 3.57. The molecule has 0 bridgehead atoms. The van der Waals surface area contributed by atoms with E-state index in [1.54, 1.807) is 15.9 Å². The number of carbonyl (C=O) groups excluding carboxylic acids is 1. The number of fused-ring (bicyclic) bond motifs is 3. The van der Waals surface area contributed by atoms with Gasteiger partial charge >= 0.3 is 0 Å². The summed E-state index contributed by atoms with van der Waals surface area (Å²) < 4.78 is 1.74. The minimum absolute atomic E-state index is 0.0234.